The van der Waals surface area contributed by atoms with Gasteiger partial charge in [-0.15, -0.1) is 0 Å². The van der Waals surface area contributed by atoms with Crippen LogP contribution in [0.25, 0.3) is 10.2 Å². The summed E-state index contributed by atoms with van der Waals surface area (Å²) in [5.41, 5.74) is 3.16. The first-order chi connectivity index (χ1) is 15.3. The number of methoxy groups -OCH3 is 1. The van der Waals surface area contributed by atoms with Crippen LogP contribution in [0.5, 0.6) is 16.7 Å². The number of nitrogens with one attached hydrogen (secondary N) is 2. The van der Waals surface area contributed by atoms with E-state index in [4.69, 9.17) is 9.47 Å². The lowest BCUT2D eigenvalue weighted by atomic mass is 9.87. The number of carbonyl (C=O) groups excluding carboxylic acids is 1. The number of para-hydroxylation sites is 1. The molecule has 164 valence electrons. The lowest BCUT2D eigenvalue weighted by Gasteiger charge is -2.21. The van der Waals surface area contributed by atoms with Gasteiger partial charge in [-0.3, -0.25) is 0 Å². The van der Waals surface area contributed by atoms with Gasteiger partial charge in [0, 0.05) is 11.8 Å². The van der Waals surface area contributed by atoms with E-state index in [1.54, 1.807) is 19.2 Å². The van der Waals surface area contributed by atoms with Crippen molar-refractivity contribution >= 4 is 39.0 Å². The molecule has 0 aliphatic carbocycles. The first-order valence-electron chi connectivity index (χ1n) is 10.2. The van der Waals surface area contributed by atoms with Gasteiger partial charge in [-0.05, 0) is 47.4 Å². The fourth-order valence-corrected chi connectivity index (χ4v) is 4.02. The lowest BCUT2D eigenvalue weighted by molar-refractivity contribution is 0.262. The quantitative estimate of drug-likeness (QED) is 0.344. The van der Waals surface area contributed by atoms with E-state index in [0.717, 1.165) is 15.8 Å². The van der Waals surface area contributed by atoms with Gasteiger partial charge in [0.1, 0.15) is 11.5 Å². The van der Waals surface area contributed by atoms with Crippen molar-refractivity contribution in [3.8, 4) is 16.7 Å². The number of amides is 2. The SMILES string of the molecule is COc1ccc(C(C)(C)C)cc1NC(=O)Nc1cccc(Oc2nc3ccccc3s2)c1. The maximum absolute atomic E-state index is 12.7. The van der Waals surface area contributed by atoms with Crippen LogP contribution in [0, 0.1) is 0 Å². The molecule has 0 fully saturated rings. The second kappa shape index (κ2) is 8.88. The Morgan fingerprint density at radius 2 is 1.78 bits per heavy atom. The van der Waals surface area contributed by atoms with E-state index in [9.17, 15) is 4.79 Å². The molecule has 0 aliphatic rings. The number of benzene rings is 3. The number of hydrogen-bond donors (Lipinski definition) is 2. The molecule has 2 amide bonds. The van der Waals surface area contributed by atoms with Crippen molar-refractivity contribution in [2.75, 3.05) is 17.7 Å². The minimum Gasteiger partial charge on any atom is -0.495 e. The maximum Gasteiger partial charge on any atom is 0.323 e. The predicted octanol–water partition coefficient (Wildman–Crippen LogP) is 7.04. The van der Waals surface area contributed by atoms with E-state index in [-0.39, 0.29) is 11.4 Å². The molecule has 0 unspecified atom stereocenters. The second-order valence-corrected chi connectivity index (χ2v) is 9.31. The van der Waals surface area contributed by atoms with E-state index < -0.39 is 0 Å². The van der Waals surface area contributed by atoms with Crippen molar-refractivity contribution in [2.45, 2.75) is 26.2 Å². The van der Waals surface area contributed by atoms with Crippen molar-refractivity contribution in [1.29, 1.82) is 0 Å². The molecule has 0 spiro atoms. The molecule has 3 aromatic carbocycles. The summed E-state index contributed by atoms with van der Waals surface area (Å²) < 4.78 is 12.4. The average Bonchev–Trinajstić information content (AvgIpc) is 3.15. The summed E-state index contributed by atoms with van der Waals surface area (Å²) in [5, 5.41) is 6.29. The Labute approximate surface area is 191 Å². The first-order valence-corrected chi connectivity index (χ1v) is 11.0. The number of fused-ring (bicyclic) bond motifs is 1. The summed E-state index contributed by atoms with van der Waals surface area (Å²) in [5.74, 6) is 1.19. The molecule has 2 N–H and O–H groups in total. The number of nitrogens with zero attached hydrogens (tertiary/aromatic N) is 1. The van der Waals surface area contributed by atoms with Gasteiger partial charge in [0.05, 0.1) is 23.0 Å². The van der Waals surface area contributed by atoms with E-state index in [2.05, 4.69) is 36.4 Å². The number of thiazole rings is 1. The van der Waals surface area contributed by atoms with Crippen LogP contribution >= 0.6 is 11.3 Å². The van der Waals surface area contributed by atoms with Gasteiger partial charge < -0.3 is 20.1 Å². The third-order valence-corrected chi connectivity index (χ3v) is 5.80. The molecule has 4 rings (SSSR count). The summed E-state index contributed by atoms with van der Waals surface area (Å²) in [6.45, 7) is 6.36. The molecule has 32 heavy (non-hydrogen) atoms. The largest absolute Gasteiger partial charge is 0.495 e. The molecular formula is C25H25N3O3S. The zero-order valence-corrected chi connectivity index (χ0v) is 19.2. The van der Waals surface area contributed by atoms with E-state index >= 15 is 0 Å². The monoisotopic (exact) mass is 447 g/mol. The van der Waals surface area contributed by atoms with Gasteiger partial charge in [0.25, 0.3) is 5.19 Å². The van der Waals surface area contributed by atoms with E-state index in [0.29, 0.717) is 28.1 Å². The maximum atomic E-state index is 12.7. The van der Waals surface area contributed by atoms with Crippen LogP contribution in [-0.4, -0.2) is 18.1 Å². The number of anilines is 2. The molecule has 7 heteroatoms. The predicted molar refractivity (Wildman–Crippen MR) is 130 cm³/mol. The normalized spacial score (nSPS) is 11.2. The van der Waals surface area contributed by atoms with Gasteiger partial charge in [0.2, 0.25) is 0 Å². The Morgan fingerprint density at radius 1 is 0.969 bits per heavy atom. The van der Waals surface area contributed by atoms with Gasteiger partial charge >= 0.3 is 6.03 Å². The number of urea groups is 1. The van der Waals surface area contributed by atoms with Crippen LogP contribution in [0.2, 0.25) is 0 Å². The molecule has 0 saturated heterocycles. The summed E-state index contributed by atoms with van der Waals surface area (Å²) in [7, 11) is 1.58. The zero-order valence-electron chi connectivity index (χ0n) is 18.4. The van der Waals surface area contributed by atoms with Crippen LogP contribution in [0.3, 0.4) is 0 Å². The van der Waals surface area contributed by atoms with Gasteiger partial charge in [-0.1, -0.05) is 56.4 Å². The van der Waals surface area contributed by atoms with Gasteiger partial charge in [-0.25, -0.2) is 9.78 Å². The Kier molecular flexibility index (Phi) is 6.01. The molecule has 1 heterocycles. The van der Waals surface area contributed by atoms with Crippen LogP contribution in [0.1, 0.15) is 26.3 Å². The summed E-state index contributed by atoms with van der Waals surface area (Å²) in [6.07, 6.45) is 0. The Balaban J connectivity index is 1.47. The second-order valence-electron chi connectivity index (χ2n) is 8.32. The highest BCUT2D eigenvalue weighted by atomic mass is 32.1. The molecule has 4 aromatic rings. The van der Waals surface area contributed by atoms with Crippen molar-refractivity contribution in [3.05, 3.63) is 72.3 Å². The third-order valence-electron chi connectivity index (χ3n) is 4.89. The minimum atomic E-state index is -0.369. The van der Waals surface area contributed by atoms with Crippen molar-refractivity contribution in [3.63, 3.8) is 0 Å². The molecule has 0 atom stereocenters. The van der Waals surface area contributed by atoms with Crippen molar-refractivity contribution in [2.24, 2.45) is 0 Å². The number of aromatic nitrogens is 1. The van der Waals surface area contributed by atoms with Crippen molar-refractivity contribution in [1.82, 2.24) is 4.98 Å². The minimum absolute atomic E-state index is 0.0501. The summed E-state index contributed by atoms with van der Waals surface area (Å²) >= 11 is 1.47. The topological polar surface area (TPSA) is 72.5 Å². The lowest BCUT2D eigenvalue weighted by Crippen LogP contribution is -2.20. The number of carbonyl (C=O) groups is 1. The van der Waals surface area contributed by atoms with Crippen LogP contribution in [0.15, 0.2) is 66.7 Å². The van der Waals surface area contributed by atoms with E-state index in [1.807, 2.05) is 54.6 Å². The summed E-state index contributed by atoms with van der Waals surface area (Å²) in [4.78, 5) is 17.2. The molecule has 6 nitrogen and oxygen atoms in total. The first kappa shape index (κ1) is 21.6. The molecule has 0 saturated carbocycles. The smallest absolute Gasteiger partial charge is 0.323 e. The molecule has 0 radical (unpaired) electrons. The summed E-state index contributed by atoms with van der Waals surface area (Å²) in [6, 6.07) is 20.5. The van der Waals surface area contributed by atoms with Crippen LogP contribution in [-0.2, 0) is 5.41 Å². The van der Waals surface area contributed by atoms with Crippen molar-refractivity contribution < 1.29 is 14.3 Å². The fraction of sp³-hybridized carbons (Fsp3) is 0.200. The fourth-order valence-electron chi connectivity index (χ4n) is 3.19. The van der Waals surface area contributed by atoms with Crippen LogP contribution in [0.4, 0.5) is 16.2 Å². The number of hydrogen-bond acceptors (Lipinski definition) is 5. The zero-order chi connectivity index (χ0) is 22.7. The van der Waals surface area contributed by atoms with E-state index in [1.165, 1.54) is 11.3 Å². The molecular weight excluding hydrogens is 422 g/mol. The number of rotatable bonds is 5. The molecule has 1 aromatic heterocycles. The Bertz CT molecular complexity index is 1230. The van der Waals surface area contributed by atoms with Gasteiger partial charge in [-0.2, -0.15) is 0 Å². The van der Waals surface area contributed by atoms with Crippen LogP contribution < -0.4 is 20.1 Å². The average molecular weight is 448 g/mol. The standard InChI is InChI=1S/C25H25N3O3S/c1-25(2,3)16-12-13-21(30-4)20(14-16)27-23(29)26-17-8-7-9-18(15-17)31-24-28-19-10-5-6-11-22(19)32-24/h5-15H,1-4H3,(H2,26,27,29). The number of ether oxygens (including phenoxy) is 2. The van der Waals surface area contributed by atoms with Gasteiger partial charge in [0.15, 0.2) is 0 Å². The Hall–Kier alpha value is -3.58. The third kappa shape index (κ3) is 5.00. The highest BCUT2D eigenvalue weighted by Gasteiger charge is 2.17. The molecule has 0 aliphatic heterocycles. The highest BCUT2D eigenvalue weighted by Crippen LogP contribution is 2.33. The Morgan fingerprint density at radius 3 is 2.53 bits per heavy atom. The highest BCUT2D eigenvalue weighted by molar-refractivity contribution is 7.20. The molecule has 0 bridgehead atoms.